The van der Waals surface area contributed by atoms with Gasteiger partial charge in [0.2, 0.25) is 0 Å². The summed E-state index contributed by atoms with van der Waals surface area (Å²) in [5.74, 6) is 0. The summed E-state index contributed by atoms with van der Waals surface area (Å²) in [6.45, 7) is 4.18. The van der Waals surface area contributed by atoms with Gasteiger partial charge in [0.05, 0.1) is 11.0 Å². The number of hydrogen-bond donors (Lipinski definition) is 0. The van der Waals surface area contributed by atoms with Gasteiger partial charge in [-0.3, -0.25) is 9.36 Å². The normalized spacial score (nSPS) is 10.9. The highest BCUT2D eigenvalue weighted by atomic mass is 127. The quantitative estimate of drug-likeness (QED) is 0.293. The summed E-state index contributed by atoms with van der Waals surface area (Å²) in [5.41, 5.74) is 4.83. The molecule has 2 aromatic carbocycles. The van der Waals surface area contributed by atoms with Crippen molar-refractivity contribution in [2.75, 3.05) is 0 Å². The predicted octanol–water partition coefficient (Wildman–Crippen LogP) is 4.97. The molecule has 4 nitrogen and oxygen atoms in total. The lowest BCUT2D eigenvalue weighted by Crippen LogP contribution is -1.91. The Bertz CT molecular complexity index is 1020. The lowest BCUT2D eigenvalue weighted by atomic mass is 10.2. The van der Waals surface area contributed by atoms with Crippen LogP contribution in [0.5, 0.6) is 0 Å². The van der Waals surface area contributed by atoms with Crippen LogP contribution in [-0.2, 0) is 14.1 Å². The summed E-state index contributed by atoms with van der Waals surface area (Å²) < 4.78 is 6.10. The molecule has 24 heavy (non-hydrogen) atoms. The number of nitrogens with zero attached hydrogens (tertiary/aromatic N) is 4. The molecule has 0 spiro atoms. The predicted molar refractivity (Wildman–Crippen MR) is 116 cm³/mol. The number of halogens is 2. The minimum Gasteiger partial charge on any atom is -0.267 e. The first-order chi connectivity index (χ1) is 11.4. The third-order valence-electron chi connectivity index (χ3n) is 3.88. The Kier molecular flexibility index (Phi) is 5.14. The summed E-state index contributed by atoms with van der Waals surface area (Å²) in [6.07, 6.45) is 0. The van der Waals surface area contributed by atoms with Crippen LogP contribution >= 0.6 is 45.2 Å². The highest BCUT2D eigenvalue weighted by molar-refractivity contribution is 14.1. The van der Waals surface area contributed by atoms with Gasteiger partial charge in [-0.1, -0.05) is 12.1 Å². The molecule has 0 saturated heterocycles. The second-order valence-electron chi connectivity index (χ2n) is 5.87. The van der Waals surface area contributed by atoms with Crippen molar-refractivity contribution < 1.29 is 0 Å². The molecule has 0 fully saturated rings. The van der Waals surface area contributed by atoms with Gasteiger partial charge in [0.15, 0.2) is 0 Å². The summed E-state index contributed by atoms with van der Waals surface area (Å²) in [7, 11) is 3.95. The van der Waals surface area contributed by atoms with Crippen molar-refractivity contribution in [1.29, 1.82) is 0 Å². The van der Waals surface area contributed by atoms with E-state index in [0.717, 1.165) is 9.22 Å². The Balaban J connectivity index is 0.000000141. The molecule has 0 unspecified atom stereocenters. The molecule has 2 aromatic heterocycles. The lowest BCUT2D eigenvalue weighted by molar-refractivity contribution is 0.759. The third kappa shape index (κ3) is 3.44. The average Bonchev–Trinajstić information content (AvgIpc) is 2.96. The number of fused-ring (bicyclic) bond motifs is 2. The van der Waals surface area contributed by atoms with Crippen LogP contribution in [0.15, 0.2) is 36.4 Å². The number of benzene rings is 2. The van der Waals surface area contributed by atoms with E-state index in [0.29, 0.717) is 0 Å². The second-order valence-corrected chi connectivity index (χ2v) is 7.91. The molecule has 2 heterocycles. The van der Waals surface area contributed by atoms with E-state index in [1.54, 1.807) is 0 Å². The SMILES string of the molecule is Cc1ccc2c(I)n(C)nc2c1.Cc1ccc2c(I)nn(C)c2c1. The fourth-order valence-electron chi connectivity index (χ4n) is 2.60. The fourth-order valence-corrected chi connectivity index (χ4v) is 3.95. The monoisotopic (exact) mass is 544 g/mol. The van der Waals surface area contributed by atoms with Crippen LogP contribution in [0.2, 0.25) is 0 Å². The van der Waals surface area contributed by atoms with E-state index in [-0.39, 0.29) is 0 Å². The Labute approximate surface area is 168 Å². The van der Waals surface area contributed by atoms with Crippen molar-refractivity contribution in [2.45, 2.75) is 13.8 Å². The molecule has 0 aliphatic heterocycles. The molecule has 0 atom stereocenters. The van der Waals surface area contributed by atoms with Crippen LogP contribution in [0.3, 0.4) is 0 Å². The van der Waals surface area contributed by atoms with Gasteiger partial charge >= 0.3 is 0 Å². The minimum atomic E-state index is 1.07. The van der Waals surface area contributed by atoms with Crippen molar-refractivity contribution in [3.8, 4) is 0 Å². The number of aryl methyl sites for hydroxylation is 4. The maximum absolute atomic E-state index is 4.38. The molecule has 0 amide bonds. The van der Waals surface area contributed by atoms with Crippen molar-refractivity contribution >= 4 is 67.0 Å². The van der Waals surface area contributed by atoms with E-state index in [1.165, 1.54) is 31.1 Å². The Morgan fingerprint density at radius 3 is 2.12 bits per heavy atom. The zero-order valence-electron chi connectivity index (χ0n) is 14.0. The van der Waals surface area contributed by atoms with Crippen LogP contribution in [0.25, 0.3) is 21.8 Å². The molecule has 0 aliphatic rings. The van der Waals surface area contributed by atoms with Gasteiger partial charge in [0, 0.05) is 24.9 Å². The van der Waals surface area contributed by atoms with Crippen molar-refractivity contribution in [3.05, 3.63) is 54.9 Å². The van der Waals surface area contributed by atoms with Crippen LogP contribution in [0.4, 0.5) is 0 Å². The van der Waals surface area contributed by atoms with Gasteiger partial charge in [-0.05, 0) is 94.4 Å². The zero-order valence-corrected chi connectivity index (χ0v) is 18.3. The largest absolute Gasteiger partial charge is 0.267 e. The summed E-state index contributed by atoms with van der Waals surface area (Å²) in [4.78, 5) is 0. The molecular weight excluding hydrogens is 526 g/mol. The van der Waals surface area contributed by atoms with E-state index in [4.69, 9.17) is 0 Å². The van der Waals surface area contributed by atoms with E-state index in [1.807, 2.05) is 23.5 Å². The highest BCUT2D eigenvalue weighted by Gasteiger charge is 2.05. The maximum Gasteiger partial charge on any atom is 0.131 e. The molecule has 0 saturated carbocycles. The standard InChI is InChI=1S/2C9H9IN2/c1-6-3-4-7-8(5-6)12(2)11-9(7)10;1-6-3-4-7-8(5-6)11-12(2)9(7)10/h2*3-5H,1-2H3. The zero-order chi connectivity index (χ0) is 17.4. The van der Waals surface area contributed by atoms with E-state index >= 15 is 0 Å². The van der Waals surface area contributed by atoms with Crippen LogP contribution in [0.1, 0.15) is 11.1 Å². The van der Waals surface area contributed by atoms with Gasteiger partial charge in [-0.15, -0.1) is 0 Å². The molecule has 0 aliphatic carbocycles. The Morgan fingerprint density at radius 1 is 0.792 bits per heavy atom. The summed E-state index contributed by atoms with van der Waals surface area (Å²) in [5, 5.41) is 11.2. The molecule has 4 aromatic rings. The van der Waals surface area contributed by atoms with Crippen molar-refractivity contribution in [2.24, 2.45) is 14.1 Å². The number of aromatic nitrogens is 4. The second kappa shape index (κ2) is 6.99. The molecule has 6 heteroatoms. The van der Waals surface area contributed by atoms with Crippen molar-refractivity contribution in [3.63, 3.8) is 0 Å². The summed E-state index contributed by atoms with van der Waals surface area (Å²) in [6, 6.07) is 12.7. The maximum atomic E-state index is 4.38. The topological polar surface area (TPSA) is 35.6 Å². The van der Waals surface area contributed by atoms with Gasteiger partial charge in [0.1, 0.15) is 7.40 Å². The molecule has 124 valence electrons. The number of rotatable bonds is 0. The van der Waals surface area contributed by atoms with Gasteiger partial charge in [0.25, 0.3) is 0 Å². The van der Waals surface area contributed by atoms with Crippen LogP contribution in [-0.4, -0.2) is 19.6 Å². The molecule has 4 rings (SSSR count). The van der Waals surface area contributed by atoms with Gasteiger partial charge < -0.3 is 0 Å². The highest BCUT2D eigenvalue weighted by Crippen LogP contribution is 2.21. The third-order valence-corrected chi connectivity index (χ3v) is 5.96. The molecule has 0 N–H and O–H groups in total. The smallest absolute Gasteiger partial charge is 0.131 e. The van der Waals surface area contributed by atoms with E-state index < -0.39 is 0 Å². The molecule has 0 radical (unpaired) electrons. The van der Waals surface area contributed by atoms with E-state index in [9.17, 15) is 0 Å². The lowest BCUT2D eigenvalue weighted by Gasteiger charge is -1.94. The number of hydrogen-bond acceptors (Lipinski definition) is 2. The van der Waals surface area contributed by atoms with Crippen LogP contribution < -0.4 is 0 Å². The average molecular weight is 544 g/mol. The van der Waals surface area contributed by atoms with Gasteiger partial charge in [-0.2, -0.15) is 10.2 Å². The first kappa shape index (κ1) is 17.7. The van der Waals surface area contributed by atoms with Gasteiger partial charge in [-0.25, -0.2) is 0 Å². The summed E-state index contributed by atoms with van der Waals surface area (Å²) >= 11 is 4.57. The Morgan fingerprint density at radius 2 is 1.42 bits per heavy atom. The first-order valence-electron chi connectivity index (χ1n) is 7.54. The minimum absolute atomic E-state index is 1.07. The fraction of sp³-hybridized carbons (Fsp3) is 0.222. The van der Waals surface area contributed by atoms with E-state index in [2.05, 4.69) is 106 Å². The molecule has 0 bridgehead atoms. The molecular formula is C18H18I2N4. The van der Waals surface area contributed by atoms with Crippen LogP contribution in [0, 0.1) is 21.2 Å². The Hall–Kier alpha value is -1.16. The first-order valence-corrected chi connectivity index (χ1v) is 9.70. The van der Waals surface area contributed by atoms with Crippen molar-refractivity contribution in [1.82, 2.24) is 19.6 Å².